The highest BCUT2D eigenvalue weighted by Gasteiger charge is 2.17. The Morgan fingerprint density at radius 3 is 2.79 bits per heavy atom. The first kappa shape index (κ1) is 10.0. The van der Waals surface area contributed by atoms with E-state index in [4.69, 9.17) is 11.6 Å². The lowest BCUT2D eigenvalue weighted by Crippen LogP contribution is -2.35. The molecule has 1 heterocycles. The highest BCUT2D eigenvalue weighted by Crippen LogP contribution is 2.17. The SMILES string of the molecule is Cl[C@H]1CCCN(Cc2ccccc2)C1. The molecule has 0 aromatic heterocycles. The number of hydrogen-bond acceptors (Lipinski definition) is 1. The Balaban J connectivity index is 1.91. The van der Waals surface area contributed by atoms with Crippen LogP contribution in [0.3, 0.4) is 0 Å². The van der Waals surface area contributed by atoms with Crippen LogP contribution in [0.25, 0.3) is 0 Å². The lowest BCUT2D eigenvalue weighted by molar-refractivity contribution is 0.224. The normalized spacial score (nSPS) is 23.6. The average Bonchev–Trinajstić information content (AvgIpc) is 2.19. The molecule has 1 fully saturated rings. The van der Waals surface area contributed by atoms with E-state index < -0.39 is 0 Å². The predicted molar refractivity (Wildman–Crippen MR) is 60.6 cm³/mol. The number of benzene rings is 1. The van der Waals surface area contributed by atoms with Crippen LogP contribution in [0, 0.1) is 0 Å². The fourth-order valence-corrected chi connectivity index (χ4v) is 2.33. The summed E-state index contributed by atoms with van der Waals surface area (Å²) < 4.78 is 0. The second-order valence-electron chi connectivity index (χ2n) is 3.96. The molecule has 1 saturated heterocycles. The third kappa shape index (κ3) is 2.73. The number of hydrogen-bond donors (Lipinski definition) is 0. The predicted octanol–water partition coefficient (Wildman–Crippen LogP) is 2.89. The van der Waals surface area contributed by atoms with E-state index in [0.29, 0.717) is 5.38 Å². The van der Waals surface area contributed by atoms with E-state index in [2.05, 4.69) is 35.2 Å². The van der Waals surface area contributed by atoms with Crippen LogP contribution in [0.4, 0.5) is 0 Å². The van der Waals surface area contributed by atoms with E-state index in [1.165, 1.54) is 24.9 Å². The van der Waals surface area contributed by atoms with Crippen molar-refractivity contribution in [3.8, 4) is 0 Å². The van der Waals surface area contributed by atoms with Crippen molar-refractivity contribution in [3.05, 3.63) is 35.9 Å². The lowest BCUT2D eigenvalue weighted by Gasteiger charge is -2.29. The molecule has 0 aliphatic carbocycles. The third-order valence-electron chi connectivity index (χ3n) is 2.70. The van der Waals surface area contributed by atoms with E-state index in [1.54, 1.807) is 0 Å². The Morgan fingerprint density at radius 2 is 2.07 bits per heavy atom. The van der Waals surface area contributed by atoms with Crippen LogP contribution in [0.5, 0.6) is 0 Å². The van der Waals surface area contributed by atoms with Crippen LogP contribution >= 0.6 is 11.6 Å². The molecule has 14 heavy (non-hydrogen) atoms. The molecule has 0 saturated carbocycles. The zero-order valence-electron chi connectivity index (χ0n) is 8.32. The molecule has 0 bridgehead atoms. The van der Waals surface area contributed by atoms with Crippen molar-refractivity contribution >= 4 is 11.6 Å². The van der Waals surface area contributed by atoms with Crippen LogP contribution in [0.15, 0.2) is 30.3 Å². The Hall–Kier alpha value is -0.530. The van der Waals surface area contributed by atoms with Crippen LogP contribution in [-0.2, 0) is 6.54 Å². The van der Waals surface area contributed by atoms with E-state index in [0.717, 1.165) is 13.1 Å². The van der Waals surface area contributed by atoms with Crippen molar-refractivity contribution in [1.82, 2.24) is 4.90 Å². The molecule has 1 aliphatic rings. The number of alkyl halides is 1. The summed E-state index contributed by atoms with van der Waals surface area (Å²) in [4.78, 5) is 2.44. The summed E-state index contributed by atoms with van der Waals surface area (Å²) in [5.41, 5.74) is 1.39. The Morgan fingerprint density at radius 1 is 1.29 bits per heavy atom. The smallest absolute Gasteiger partial charge is 0.0463 e. The summed E-state index contributed by atoms with van der Waals surface area (Å²) in [6.45, 7) is 3.28. The van der Waals surface area contributed by atoms with Gasteiger partial charge >= 0.3 is 0 Å². The lowest BCUT2D eigenvalue weighted by atomic mass is 10.1. The van der Waals surface area contributed by atoms with Gasteiger partial charge in [0, 0.05) is 18.5 Å². The summed E-state index contributed by atoms with van der Waals surface area (Å²) in [5, 5.41) is 0.354. The molecular formula is C12H16ClN. The summed E-state index contributed by atoms with van der Waals surface area (Å²) in [6.07, 6.45) is 2.41. The van der Waals surface area contributed by atoms with Gasteiger partial charge < -0.3 is 0 Å². The monoisotopic (exact) mass is 209 g/mol. The molecule has 0 unspecified atom stereocenters. The van der Waals surface area contributed by atoms with Gasteiger partial charge in [-0.25, -0.2) is 0 Å². The number of likely N-dealkylation sites (tertiary alicyclic amines) is 1. The Labute approximate surface area is 90.7 Å². The van der Waals surface area contributed by atoms with Crippen molar-refractivity contribution in [1.29, 1.82) is 0 Å². The van der Waals surface area contributed by atoms with E-state index in [1.807, 2.05) is 0 Å². The number of piperidine rings is 1. The van der Waals surface area contributed by atoms with Crippen molar-refractivity contribution in [2.75, 3.05) is 13.1 Å². The van der Waals surface area contributed by atoms with Gasteiger partial charge in [0.25, 0.3) is 0 Å². The van der Waals surface area contributed by atoms with Gasteiger partial charge in [-0.2, -0.15) is 0 Å². The molecule has 0 spiro atoms. The summed E-state index contributed by atoms with van der Waals surface area (Å²) in [6, 6.07) is 10.6. The van der Waals surface area contributed by atoms with Gasteiger partial charge in [0.1, 0.15) is 0 Å². The highest BCUT2D eigenvalue weighted by molar-refractivity contribution is 6.20. The van der Waals surface area contributed by atoms with Crippen LogP contribution in [0.2, 0.25) is 0 Å². The first-order chi connectivity index (χ1) is 6.84. The molecule has 76 valence electrons. The first-order valence-corrected chi connectivity index (χ1v) is 5.68. The molecule has 1 nitrogen and oxygen atoms in total. The quantitative estimate of drug-likeness (QED) is 0.678. The number of halogens is 1. The molecule has 2 heteroatoms. The van der Waals surface area contributed by atoms with Gasteiger partial charge in [-0.05, 0) is 24.9 Å². The maximum absolute atomic E-state index is 6.14. The van der Waals surface area contributed by atoms with Gasteiger partial charge in [-0.15, -0.1) is 11.6 Å². The summed E-state index contributed by atoms with van der Waals surface area (Å²) in [7, 11) is 0. The van der Waals surface area contributed by atoms with Crippen LogP contribution in [-0.4, -0.2) is 23.4 Å². The molecule has 1 aromatic carbocycles. The molecule has 2 rings (SSSR count). The second kappa shape index (κ2) is 4.81. The summed E-state index contributed by atoms with van der Waals surface area (Å²) >= 11 is 6.14. The standard InChI is InChI=1S/C12H16ClN/c13-12-7-4-8-14(10-12)9-11-5-2-1-3-6-11/h1-3,5-6,12H,4,7-10H2/t12-/m0/s1. The fraction of sp³-hybridized carbons (Fsp3) is 0.500. The Bertz CT molecular complexity index is 273. The highest BCUT2D eigenvalue weighted by atomic mass is 35.5. The van der Waals surface area contributed by atoms with E-state index in [-0.39, 0.29) is 0 Å². The summed E-state index contributed by atoms with van der Waals surface area (Å²) in [5.74, 6) is 0. The zero-order valence-corrected chi connectivity index (χ0v) is 9.08. The minimum absolute atomic E-state index is 0.354. The second-order valence-corrected chi connectivity index (χ2v) is 4.58. The molecule has 1 atom stereocenters. The van der Waals surface area contributed by atoms with Gasteiger partial charge in [-0.1, -0.05) is 30.3 Å². The average molecular weight is 210 g/mol. The van der Waals surface area contributed by atoms with E-state index in [9.17, 15) is 0 Å². The molecule has 1 aromatic rings. The largest absolute Gasteiger partial charge is 0.298 e. The van der Waals surface area contributed by atoms with Gasteiger partial charge in [0.2, 0.25) is 0 Å². The molecule has 1 aliphatic heterocycles. The topological polar surface area (TPSA) is 3.24 Å². The number of nitrogens with zero attached hydrogens (tertiary/aromatic N) is 1. The fourth-order valence-electron chi connectivity index (χ4n) is 1.98. The van der Waals surface area contributed by atoms with Crippen LogP contribution < -0.4 is 0 Å². The molecule has 0 N–H and O–H groups in total. The van der Waals surface area contributed by atoms with Crippen molar-refractivity contribution in [3.63, 3.8) is 0 Å². The van der Waals surface area contributed by atoms with Gasteiger partial charge in [0.05, 0.1) is 0 Å². The Kier molecular flexibility index (Phi) is 3.44. The number of rotatable bonds is 2. The van der Waals surface area contributed by atoms with Crippen molar-refractivity contribution in [2.45, 2.75) is 24.8 Å². The zero-order chi connectivity index (χ0) is 9.80. The minimum atomic E-state index is 0.354. The first-order valence-electron chi connectivity index (χ1n) is 5.25. The van der Waals surface area contributed by atoms with Gasteiger partial charge in [-0.3, -0.25) is 4.90 Å². The maximum atomic E-state index is 6.14. The molecule has 0 radical (unpaired) electrons. The van der Waals surface area contributed by atoms with Gasteiger partial charge in [0.15, 0.2) is 0 Å². The van der Waals surface area contributed by atoms with Crippen LogP contribution in [0.1, 0.15) is 18.4 Å². The van der Waals surface area contributed by atoms with Crippen molar-refractivity contribution in [2.24, 2.45) is 0 Å². The molecular weight excluding hydrogens is 194 g/mol. The van der Waals surface area contributed by atoms with Crippen molar-refractivity contribution < 1.29 is 0 Å². The minimum Gasteiger partial charge on any atom is -0.298 e. The third-order valence-corrected chi connectivity index (χ3v) is 3.05. The molecule has 0 amide bonds. The maximum Gasteiger partial charge on any atom is 0.0463 e. The van der Waals surface area contributed by atoms with E-state index >= 15 is 0 Å².